The Hall–Kier alpha value is -1.80. The maximum absolute atomic E-state index is 13.0. The van der Waals surface area contributed by atoms with Gasteiger partial charge in [-0.3, -0.25) is 9.36 Å². The van der Waals surface area contributed by atoms with Crippen LogP contribution >= 0.6 is 7.82 Å². The second-order valence-electron chi connectivity index (χ2n) is 22.7. The lowest BCUT2D eigenvalue weighted by atomic mass is 10.0. The van der Waals surface area contributed by atoms with Crippen LogP contribution in [0.4, 0.5) is 0 Å². The van der Waals surface area contributed by atoms with Gasteiger partial charge < -0.3 is 28.8 Å². The number of nitrogens with one attached hydrogen (secondary N) is 1. The van der Waals surface area contributed by atoms with Crippen LogP contribution in [0.5, 0.6) is 0 Å². The Morgan fingerprint density at radius 2 is 0.824 bits per heavy atom. The molecule has 0 aromatic heterocycles. The van der Waals surface area contributed by atoms with Gasteiger partial charge >= 0.3 is 0 Å². The number of amides is 1. The Kier molecular flexibility index (Phi) is 54.6. The van der Waals surface area contributed by atoms with Crippen LogP contribution in [0.15, 0.2) is 60.8 Å². The van der Waals surface area contributed by atoms with Gasteiger partial charge in [-0.1, -0.05) is 293 Å². The van der Waals surface area contributed by atoms with Crippen LogP contribution in [0.2, 0.25) is 0 Å². The third kappa shape index (κ3) is 57.9. The highest BCUT2D eigenvalue weighted by atomic mass is 31.2. The molecule has 434 valence electrons. The van der Waals surface area contributed by atoms with Gasteiger partial charge in [0, 0.05) is 6.42 Å². The molecule has 8 nitrogen and oxygen atoms in total. The zero-order valence-electron chi connectivity index (χ0n) is 49.5. The zero-order chi connectivity index (χ0) is 54.2. The standard InChI is InChI=1S/C65H123N2O6P/c1-6-8-10-12-14-16-18-20-22-24-26-28-29-30-31-32-33-34-35-36-37-39-40-42-44-46-48-50-52-54-56-58-64(68)63(62-73-74(70,71)72-61-60-67(3,4)5)66-65(69)59-57-55-53-51-49-47-45-43-41-38-27-25-23-21-19-17-15-13-11-9-7-2/h9,11,15,17,21,23,27,38,43,45,63-64,68H,6-8,10,12-14,16,18-20,22,24-26,28-37,39-42,44,46-62H2,1-5H3,(H-,66,69,70,71)/b11-9-,17-15-,23-21-,38-27-,45-43-. The Labute approximate surface area is 460 Å². The molecule has 0 radical (unpaired) electrons. The minimum atomic E-state index is -4.59. The molecular weight excluding hydrogens is 936 g/mol. The molecule has 0 aliphatic carbocycles. The fourth-order valence-electron chi connectivity index (χ4n) is 9.36. The van der Waals surface area contributed by atoms with Gasteiger partial charge in [-0.2, -0.15) is 0 Å². The van der Waals surface area contributed by atoms with Gasteiger partial charge in [0.25, 0.3) is 7.82 Å². The van der Waals surface area contributed by atoms with E-state index in [1.54, 1.807) is 0 Å². The lowest BCUT2D eigenvalue weighted by molar-refractivity contribution is -0.870. The van der Waals surface area contributed by atoms with Crippen molar-refractivity contribution in [3.63, 3.8) is 0 Å². The van der Waals surface area contributed by atoms with Crippen molar-refractivity contribution in [2.24, 2.45) is 0 Å². The molecule has 0 rings (SSSR count). The summed E-state index contributed by atoms with van der Waals surface area (Å²) in [5, 5.41) is 14.0. The van der Waals surface area contributed by atoms with E-state index in [-0.39, 0.29) is 19.1 Å². The van der Waals surface area contributed by atoms with E-state index in [9.17, 15) is 19.4 Å². The van der Waals surface area contributed by atoms with Gasteiger partial charge in [-0.05, 0) is 57.8 Å². The molecule has 0 saturated heterocycles. The topological polar surface area (TPSA) is 108 Å². The highest BCUT2D eigenvalue weighted by molar-refractivity contribution is 7.45. The number of aliphatic hydroxyl groups is 1. The highest BCUT2D eigenvalue weighted by Gasteiger charge is 2.24. The molecule has 0 bridgehead atoms. The maximum atomic E-state index is 13.0. The predicted molar refractivity (Wildman–Crippen MR) is 321 cm³/mol. The van der Waals surface area contributed by atoms with Crippen LogP contribution in [0.1, 0.15) is 296 Å². The number of quaternary nitrogens is 1. The maximum Gasteiger partial charge on any atom is 0.268 e. The van der Waals surface area contributed by atoms with Gasteiger partial charge in [-0.15, -0.1) is 0 Å². The summed E-state index contributed by atoms with van der Waals surface area (Å²) in [4.78, 5) is 25.6. The summed E-state index contributed by atoms with van der Waals surface area (Å²) in [7, 11) is 1.29. The molecule has 2 N–H and O–H groups in total. The van der Waals surface area contributed by atoms with E-state index in [1.165, 1.54) is 180 Å². The highest BCUT2D eigenvalue weighted by Crippen LogP contribution is 2.38. The van der Waals surface area contributed by atoms with E-state index in [1.807, 2.05) is 21.1 Å². The van der Waals surface area contributed by atoms with Gasteiger partial charge in [0.15, 0.2) is 0 Å². The summed E-state index contributed by atoms with van der Waals surface area (Å²) in [6.45, 7) is 4.62. The average molecular weight is 1060 g/mol. The second-order valence-corrected chi connectivity index (χ2v) is 24.2. The van der Waals surface area contributed by atoms with E-state index in [4.69, 9.17) is 9.05 Å². The van der Waals surface area contributed by atoms with E-state index >= 15 is 0 Å². The Morgan fingerprint density at radius 3 is 1.20 bits per heavy atom. The molecule has 0 aliphatic heterocycles. The number of phosphoric acid groups is 1. The number of phosphoric ester groups is 1. The van der Waals surface area contributed by atoms with Crippen molar-refractivity contribution in [1.29, 1.82) is 0 Å². The van der Waals surface area contributed by atoms with Crippen molar-refractivity contribution in [3.05, 3.63) is 60.8 Å². The van der Waals surface area contributed by atoms with Gasteiger partial charge in [0.05, 0.1) is 39.9 Å². The molecule has 1 amide bonds. The van der Waals surface area contributed by atoms with E-state index in [2.05, 4.69) is 79.9 Å². The number of rotatable bonds is 58. The van der Waals surface area contributed by atoms with Gasteiger partial charge in [0.2, 0.25) is 5.91 Å². The Morgan fingerprint density at radius 1 is 0.486 bits per heavy atom. The molecule has 0 saturated carbocycles. The molecular formula is C65H123N2O6P. The Bertz CT molecular complexity index is 1390. The van der Waals surface area contributed by atoms with E-state index in [0.717, 1.165) is 89.9 Å². The number of likely N-dealkylation sites (N-methyl/N-ethyl adjacent to an activating group) is 1. The quantitative estimate of drug-likeness (QED) is 0.0272. The molecule has 0 heterocycles. The third-order valence-corrected chi connectivity index (χ3v) is 15.2. The van der Waals surface area contributed by atoms with Crippen LogP contribution in [-0.2, 0) is 18.4 Å². The summed E-state index contributed by atoms with van der Waals surface area (Å²) in [6.07, 6.45) is 75.6. The predicted octanol–water partition coefficient (Wildman–Crippen LogP) is 19.0. The van der Waals surface area contributed by atoms with E-state index in [0.29, 0.717) is 23.9 Å². The van der Waals surface area contributed by atoms with Crippen molar-refractivity contribution in [3.8, 4) is 0 Å². The fraction of sp³-hybridized carbons (Fsp3) is 0.831. The molecule has 0 fully saturated rings. The van der Waals surface area contributed by atoms with Gasteiger partial charge in [-0.25, -0.2) is 0 Å². The van der Waals surface area contributed by atoms with Crippen LogP contribution in [0.3, 0.4) is 0 Å². The molecule has 3 atom stereocenters. The number of hydrogen-bond donors (Lipinski definition) is 2. The van der Waals surface area contributed by atoms with Gasteiger partial charge in [0.1, 0.15) is 13.2 Å². The first-order chi connectivity index (χ1) is 36.0. The summed E-state index contributed by atoms with van der Waals surface area (Å²) in [5.41, 5.74) is 0. The molecule has 0 aromatic rings. The van der Waals surface area contributed by atoms with Crippen LogP contribution in [-0.4, -0.2) is 68.5 Å². The minimum Gasteiger partial charge on any atom is -0.756 e. The summed E-state index contributed by atoms with van der Waals surface area (Å²) < 4.78 is 23.5. The molecule has 0 aliphatic rings. The molecule has 74 heavy (non-hydrogen) atoms. The number of carbonyl (C=O) groups excluding carboxylic acids is 1. The lowest BCUT2D eigenvalue weighted by Crippen LogP contribution is -2.46. The first kappa shape index (κ1) is 72.2. The van der Waals surface area contributed by atoms with Crippen molar-refractivity contribution in [1.82, 2.24) is 5.32 Å². The molecule has 3 unspecified atom stereocenters. The van der Waals surface area contributed by atoms with E-state index < -0.39 is 20.0 Å². The SMILES string of the molecule is CC/C=C\C/C=C\C/C=C\C/C=C\C/C=C\CCCCCCCC(=O)NC(COP(=O)([O-])OCC[N+](C)(C)C)C(O)CCCCCCCCCCCCCCCCCCCCCCCCCCCCCCCCC. The number of aliphatic hydroxyl groups excluding tert-OH is 1. The number of nitrogens with zero attached hydrogens (tertiary/aromatic N) is 1. The summed E-state index contributed by atoms with van der Waals surface area (Å²) in [5.74, 6) is -0.181. The number of unbranched alkanes of at least 4 members (excludes halogenated alkanes) is 35. The number of allylic oxidation sites excluding steroid dienone is 10. The second kappa shape index (κ2) is 55.9. The normalized spacial score (nSPS) is 14.2. The number of carbonyl (C=O) groups is 1. The molecule has 0 spiro atoms. The first-order valence-corrected chi connectivity index (χ1v) is 33.1. The largest absolute Gasteiger partial charge is 0.756 e. The van der Waals surface area contributed by atoms with Crippen molar-refractivity contribution in [2.45, 2.75) is 309 Å². The summed E-state index contributed by atoms with van der Waals surface area (Å²) >= 11 is 0. The first-order valence-electron chi connectivity index (χ1n) is 31.6. The smallest absolute Gasteiger partial charge is 0.268 e. The average Bonchev–Trinajstić information content (AvgIpc) is 3.36. The third-order valence-electron chi connectivity index (χ3n) is 14.3. The fourth-order valence-corrected chi connectivity index (χ4v) is 10.1. The Balaban J connectivity index is 4.09. The van der Waals surface area contributed by atoms with Crippen molar-refractivity contribution < 1.29 is 32.9 Å². The van der Waals surface area contributed by atoms with Crippen molar-refractivity contribution >= 4 is 13.7 Å². The van der Waals surface area contributed by atoms with Crippen LogP contribution in [0.25, 0.3) is 0 Å². The number of hydrogen-bond acceptors (Lipinski definition) is 6. The minimum absolute atomic E-state index is 0.00581. The lowest BCUT2D eigenvalue weighted by Gasteiger charge is -2.30. The molecule has 9 heteroatoms. The summed E-state index contributed by atoms with van der Waals surface area (Å²) in [6, 6.07) is -0.816. The van der Waals surface area contributed by atoms with Crippen molar-refractivity contribution in [2.75, 3.05) is 40.9 Å². The zero-order valence-corrected chi connectivity index (χ0v) is 50.4. The van der Waals surface area contributed by atoms with Crippen LogP contribution in [0, 0.1) is 0 Å². The molecule has 0 aromatic carbocycles. The monoisotopic (exact) mass is 1060 g/mol. The van der Waals surface area contributed by atoms with Crippen LogP contribution < -0.4 is 10.2 Å².